The maximum atomic E-state index is 13.1. The highest BCUT2D eigenvalue weighted by Crippen LogP contribution is 2.22. The molecule has 1 aliphatic rings. The Bertz CT molecular complexity index is 795. The van der Waals surface area contributed by atoms with Crippen molar-refractivity contribution in [3.8, 4) is 11.4 Å². The summed E-state index contributed by atoms with van der Waals surface area (Å²) in [4.78, 5) is 27.7. The second kappa shape index (κ2) is 7.55. The van der Waals surface area contributed by atoms with Crippen LogP contribution < -0.4 is 4.74 Å². The standard InChI is InChI=1S/C18H21FN4O3/c1-3-26-16-12-23(15-6-4-14(19)5-7-15)20-17(16)18(25)22-10-8-21(9-11-22)13(2)24/h4-7,12H,3,8-11H2,1-2H3. The monoisotopic (exact) mass is 360 g/mol. The van der Waals surface area contributed by atoms with E-state index in [2.05, 4.69) is 5.10 Å². The maximum Gasteiger partial charge on any atom is 0.278 e. The Balaban J connectivity index is 1.83. The summed E-state index contributed by atoms with van der Waals surface area (Å²) >= 11 is 0. The van der Waals surface area contributed by atoms with E-state index in [9.17, 15) is 14.0 Å². The quantitative estimate of drug-likeness (QED) is 0.833. The average molecular weight is 360 g/mol. The minimum absolute atomic E-state index is 0.00712. The molecule has 0 atom stereocenters. The first-order chi connectivity index (χ1) is 12.5. The van der Waals surface area contributed by atoms with Gasteiger partial charge >= 0.3 is 0 Å². The molecule has 1 fully saturated rings. The summed E-state index contributed by atoms with van der Waals surface area (Å²) < 4.78 is 20.2. The number of benzene rings is 1. The number of nitrogens with zero attached hydrogens (tertiary/aromatic N) is 4. The highest BCUT2D eigenvalue weighted by Gasteiger charge is 2.28. The number of rotatable bonds is 4. The Kier molecular flexibility index (Phi) is 5.20. The number of hydrogen-bond donors (Lipinski definition) is 0. The average Bonchev–Trinajstić information content (AvgIpc) is 3.06. The minimum atomic E-state index is -0.342. The topological polar surface area (TPSA) is 67.7 Å². The maximum absolute atomic E-state index is 13.1. The summed E-state index contributed by atoms with van der Waals surface area (Å²) in [6, 6.07) is 5.83. The summed E-state index contributed by atoms with van der Waals surface area (Å²) in [7, 11) is 0. The molecule has 0 bridgehead atoms. The van der Waals surface area contributed by atoms with Gasteiger partial charge in [0.15, 0.2) is 11.4 Å². The van der Waals surface area contributed by atoms with Crippen LogP contribution in [-0.2, 0) is 4.79 Å². The van der Waals surface area contributed by atoms with E-state index in [-0.39, 0.29) is 23.3 Å². The predicted octanol–water partition coefficient (Wildman–Crippen LogP) is 1.71. The van der Waals surface area contributed by atoms with Crippen LogP contribution in [0.2, 0.25) is 0 Å². The Morgan fingerprint density at radius 1 is 1.12 bits per heavy atom. The Labute approximate surface area is 150 Å². The van der Waals surface area contributed by atoms with Crippen molar-refractivity contribution in [2.24, 2.45) is 0 Å². The van der Waals surface area contributed by atoms with Crippen molar-refractivity contribution >= 4 is 11.8 Å². The van der Waals surface area contributed by atoms with E-state index < -0.39 is 0 Å². The molecule has 0 N–H and O–H groups in total. The zero-order valence-electron chi connectivity index (χ0n) is 14.8. The van der Waals surface area contributed by atoms with Crippen LogP contribution in [0, 0.1) is 5.82 Å². The van der Waals surface area contributed by atoms with E-state index in [0.29, 0.717) is 44.2 Å². The fourth-order valence-electron chi connectivity index (χ4n) is 2.87. The molecular formula is C18H21FN4O3. The number of halogens is 1. The van der Waals surface area contributed by atoms with Gasteiger partial charge in [-0.25, -0.2) is 9.07 Å². The highest BCUT2D eigenvalue weighted by molar-refractivity contribution is 5.95. The van der Waals surface area contributed by atoms with Crippen LogP contribution in [0.25, 0.3) is 5.69 Å². The summed E-state index contributed by atoms with van der Waals surface area (Å²) in [5.41, 5.74) is 0.847. The normalized spacial score (nSPS) is 14.4. The van der Waals surface area contributed by atoms with Gasteiger partial charge in [-0.05, 0) is 31.2 Å². The van der Waals surface area contributed by atoms with Gasteiger partial charge in [-0.2, -0.15) is 5.10 Å². The predicted molar refractivity (Wildman–Crippen MR) is 92.8 cm³/mol. The number of aromatic nitrogens is 2. The third kappa shape index (κ3) is 3.68. The van der Waals surface area contributed by atoms with Crippen molar-refractivity contribution in [1.82, 2.24) is 19.6 Å². The fourth-order valence-corrected chi connectivity index (χ4v) is 2.87. The SMILES string of the molecule is CCOc1cn(-c2ccc(F)cc2)nc1C(=O)N1CCN(C(C)=O)CC1. The van der Waals surface area contributed by atoms with Gasteiger partial charge in [0.1, 0.15) is 5.82 Å². The first-order valence-electron chi connectivity index (χ1n) is 8.52. The summed E-state index contributed by atoms with van der Waals surface area (Å²) in [5, 5.41) is 4.36. The lowest BCUT2D eigenvalue weighted by atomic mass is 10.2. The molecule has 1 aromatic carbocycles. The van der Waals surface area contributed by atoms with E-state index in [1.165, 1.54) is 23.7 Å². The number of carbonyl (C=O) groups is 2. The number of hydrogen-bond acceptors (Lipinski definition) is 4. The number of amides is 2. The molecule has 2 heterocycles. The van der Waals surface area contributed by atoms with Crippen molar-refractivity contribution in [2.75, 3.05) is 32.8 Å². The highest BCUT2D eigenvalue weighted by atomic mass is 19.1. The zero-order valence-corrected chi connectivity index (χ0v) is 14.8. The Morgan fingerprint density at radius 3 is 2.31 bits per heavy atom. The van der Waals surface area contributed by atoms with E-state index in [1.54, 1.807) is 28.1 Å². The molecule has 8 heteroatoms. The largest absolute Gasteiger partial charge is 0.490 e. The molecule has 7 nitrogen and oxygen atoms in total. The van der Waals surface area contributed by atoms with Crippen molar-refractivity contribution in [3.05, 3.63) is 42.0 Å². The van der Waals surface area contributed by atoms with Crippen LogP contribution in [0.3, 0.4) is 0 Å². The minimum Gasteiger partial charge on any atom is -0.490 e. The van der Waals surface area contributed by atoms with Crippen LogP contribution in [0.5, 0.6) is 5.75 Å². The van der Waals surface area contributed by atoms with Gasteiger partial charge in [0.05, 0.1) is 18.5 Å². The van der Waals surface area contributed by atoms with E-state index in [4.69, 9.17) is 4.74 Å². The first-order valence-corrected chi connectivity index (χ1v) is 8.52. The first kappa shape index (κ1) is 17.9. The number of piperazine rings is 1. The van der Waals surface area contributed by atoms with Crippen LogP contribution in [0.1, 0.15) is 24.3 Å². The summed E-state index contributed by atoms with van der Waals surface area (Å²) in [6.45, 7) is 5.66. The van der Waals surface area contributed by atoms with Crippen molar-refractivity contribution in [2.45, 2.75) is 13.8 Å². The van der Waals surface area contributed by atoms with E-state index in [0.717, 1.165) is 0 Å². The molecule has 1 aliphatic heterocycles. The lowest BCUT2D eigenvalue weighted by Gasteiger charge is -2.33. The number of carbonyl (C=O) groups excluding carboxylic acids is 2. The molecule has 0 saturated carbocycles. The second-order valence-corrected chi connectivity index (χ2v) is 5.99. The molecule has 26 heavy (non-hydrogen) atoms. The van der Waals surface area contributed by atoms with Gasteiger partial charge in [0.2, 0.25) is 5.91 Å². The second-order valence-electron chi connectivity index (χ2n) is 5.99. The van der Waals surface area contributed by atoms with Crippen molar-refractivity contribution < 1.29 is 18.7 Å². The molecule has 0 spiro atoms. The van der Waals surface area contributed by atoms with Crippen LogP contribution in [0.15, 0.2) is 30.5 Å². The third-order valence-corrected chi connectivity index (χ3v) is 4.29. The molecule has 0 radical (unpaired) electrons. The van der Waals surface area contributed by atoms with Gasteiger partial charge in [0, 0.05) is 33.1 Å². The van der Waals surface area contributed by atoms with Crippen LogP contribution >= 0.6 is 0 Å². The molecule has 0 unspecified atom stereocenters. The molecular weight excluding hydrogens is 339 g/mol. The molecule has 1 aromatic heterocycles. The summed E-state index contributed by atoms with van der Waals surface area (Å²) in [5.74, 6) is -0.188. The van der Waals surface area contributed by atoms with Gasteiger partial charge in [0.25, 0.3) is 5.91 Å². The van der Waals surface area contributed by atoms with Gasteiger partial charge in [-0.1, -0.05) is 0 Å². The Morgan fingerprint density at radius 2 is 1.73 bits per heavy atom. The van der Waals surface area contributed by atoms with Crippen molar-refractivity contribution in [3.63, 3.8) is 0 Å². The molecule has 0 aliphatic carbocycles. The molecule has 3 rings (SSSR count). The van der Waals surface area contributed by atoms with Gasteiger partial charge < -0.3 is 14.5 Å². The number of ether oxygens (including phenoxy) is 1. The van der Waals surface area contributed by atoms with Crippen LogP contribution in [-0.4, -0.2) is 64.2 Å². The molecule has 1 saturated heterocycles. The molecule has 2 aromatic rings. The lowest BCUT2D eigenvalue weighted by molar-refractivity contribution is -0.130. The van der Waals surface area contributed by atoms with E-state index in [1.807, 2.05) is 6.92 Å². The van der Waals surface area contributed by atoms with Crippen molar-refractivity contribution in [1.29, 1.82) is 0 Å². The third-order valence-electron chi connectivity index (χ3n) is 4.29. The molecule has 138 valence electrons. The van der Waals surface area contributed by atoms with Gasteiger partial charge in [-0.3, -0.25) is 9.59 Å². The summed E-state index contributed by atoms with van der Waals surface area (Å²) in [6.07, 6.45) is 1.62. The molecule has 2 amide bonds. The fraction of sp³-hybridized carbons (Fsp3) is 0.389. The van der Waals surface area contributed by atoms with Crippen LogP contribution in [0.4, 0.5) is 4.39 Å². The zero-order chi connectivity index (χ0) is 18.7. The van der Waals surface area contributed by atoms with E-state index >= 15 is 0 Å². The van der Waals surface area contributed by atoms with Gasteiger partial charge in [-0.15, -0.1) is 0 Å². The lowest BCUT2D eigenvalue weighted by Crippen LogP contribution is -2.50. The Hall–Kier alpha value is -2.90. The smallest absolute Gasteiger partial charge is 0.278 e.